The third kappa shape index (κ3) is 3.27. The molecule has 0 aliphatic heterocycles. The second-order valence-electron chi connectivity index (χ2n) is 5.57. The van der Waals surface area contributed by atoms with Gasteiger partial charge in [0.2, 0.25) is 0 Å². The van der Waals surface area contributed by atoms with Gasteiger partial charge in [0, 0.05) is 24.3 Å². The number of hydrogen-bond acceptors (Lipinski definition) is 2. The van der Waals surface area contributed by atoms with Gasteiger partial charge < -0.3 is 10.6 Å². The molecule has 1 fully saturated rings. The highest BCUT2D eigenvalue weighted by Crippen LogP contribution is 2.32. The van der Waals surface area contributed by atoms with Crippen LogP contribution in [0.5, 0.6) is 0 Å². The van der Waals surface area contributed by atoms with Crippen LogP contribution in [0.4, 0.5) is 10.1 Å². The summed E-state index contributed by atoms with van der Waals surface area (Å²) in [6.45, 7) is 5.05. The van der Waals surface area contributed by atoms with Crippen molar-refractivity contribution in [2.75, 3.05) is 11.4 Å². The molecule has 1 aliphatic carbocycles. The minimum absolute atomic E-state index is 0.136. The molecule has 0 radical (unpaired) electrons. The van der Waals surface area contributed by atoms with Crippen LogP contribution in [-0.2, 0) is 0 Å². The zero-order valence-corrected chi connectivity index (χ0v) is 12.0. The van der Waals surface area contributed by atoms with Crippen molar-refractivity contribution in [2.24, 2.45) is 5.73 Å². The second-order valence-corrected chi connectivity index (χ2v) is 5.57. The Kier molecular flexibility index (Phi) is 4.81. The fraction of sp³-hybridized carbons (Fsp3) is 0.625. The van der Waals surface area contributed by atoms with E-state index in [1.165, 1.54) is 32.1 Å². The third-order valence-electron chi connectivity index (χ3n) is 4.15. The van der Waals surface area contributed by atoms with Gasteiger partial charge in [-0.05, 0) is 50.5 Å². The van der Waals surface area contributed by atoms with Crippen molar-refractivity contribution in [1.82, 2.24) is 0 Å². The average molecular weight is 264 g/mol. The highest BCUT2D eigenvalue weighted by Gasteiger charge is 2.23. The molecule has 0 spiro atoms. The van der Waals surface area contributed by atoms with Crippen molar-refractivity contribution < 1.29 is 4.39 Å². The predicted molar refractivity (Wildman–Crippen MR) is 78.9 cm³/mol. The fourth-order valence-electron chi connectivity index (χ4n) is 3.17. The molecule has 19 heavy (non-hydrogen) atoms. The van der Waals surface area contributed by atoms with Crippen molar-refractivity contribution in [3.8, 4) is 0 Å². The standard InChI is InChI=1S/C16H25FN2/c1-3-19(14-7-5-4-6-8-14)16-10-9-13(17)11-15(16)12(2)18/h9-12,14H,3-8,18H2,1-2H3/t12-/m1/s1. The van der Waals surface area contributed by atoms with Crippen molar-refractivity contribution in [3.63, 3.8) is 0 Å². The van der Waals surface area contributed by atoms with Crippen LogP contribution in [0.2, 0.25) is 0 Å². The Morgan fingerprint density at radius 2 is 2.00 bits per heavy atom. The largest absolute Gasteiger partial charge is 0.369 e. The summed E-state index contributed by atoms with van der Waals surface area (Å²) in [7, 11) is 0. The normalized spacial score (nSPS) is 18.3. The van der Waals surface area contributed by atoms with Crippen molar-refractivity contribution >= 4 is 5.69 Å². The smallest absolute Gasteiger partial charge is 0.123 e. The maximum Gasteiger partial charge on any atom is 0.123 e. The first-order chi connectivity index (χ1) is 9.13. The zero-order valence-electron chi connectivity index (χ0n) is 12.0. The molecule has 0 bridgehead atoms. The number of hydrogen-bond donors (Lipinski definition) is 1. The monoisotopic (exact) mass is 264 g/mol. The first kappa shape index (κ1) is 14.3. The van der Waals surface area contributed by atoms with Gasteiger partial charge >= 0.3 is 0 Å². The summed E-state index contributed by atoms with van der Waals surface area (Å²) in [5.74, 6) is -0.198. The van der Waals surface area contributed by atoms with Crippen LogP contribution in [0, 0.1) is 5.82 Å². The highest BCUT2D eigenvalue weighted by molar-refractivity contribution is 5.56. The summed E-state index contributed by atoms with van der Waals surface area (Å²) in [6, 6.07) is 5.48. The molecular formula is C16H25FN2. The Morgan fingerprint density at radius 1 is 1.32 bits per heavy atom. The fourth-order valence-corrected chi connectivity index (χ4v) is 3.17. The van der Waals surface area contributed by atoms with E-state index in [1.54, 1.807) is 12.1 Å². The van der Waals surface area contributed by atoms with Gasteiger partial charge in [-0.3, -0.25) is 0 Å². The molecule has 0 amide bonds. The number of anilines is 1. The summed E-state index contributed by atoms with van der Waals surface area (Å²) < 4.78 is 13.4. The van der Waals surface area contributed by atoms with Gasteiger partial charge in [0.1, 0.15) is 5.82 Å². The maximum atomic E-state index is 13.4. The molecule has 2 nitrogen and oxygen atoms in total. The van der Waals surface area contributed by atoms with Gasteiger partial charge in [0.25, 0.3) is 0 Å². The van der Waals surface area contributed by atoms with E-state index in [2.05, 4.69) is 11.8 Å². The van der Waals surface area contributed by atoms with E-state index >= 15 is 0 Å². The topological polar surface area (TPSA) is 29.3 Å². The van der Waals surface area contributed by atoms with Crippen LogP contribution in [-0.4, -0.2) is 12.6 Å². The molecule has 1 saturated carbocycles. The van der Waals surface area contributed by atoms with Crippen LogP contribution in [0.25, 0.3) is 0 Å². The van der Waals surface area contributed by atoms with Crippen LogP contribution in [0.15, 0.2) is 18.2 Å². The van der Waals surface area contributed by atoms with Crippen molar-refractivity contribution in [3.05, 3.63) is 29.6 Å². The molecule has 106 valence electrons. The predicted octanol–water partition coefficient (Wildman–Crippen LogP) is 4.00. The van der Waals surface area contributed by atoms with Crippen LogP contribution < -0.4 is 10.6 Å². The summed E-state index contributed by atoms with van der Waals surface area (Å²) in [6.07, 6.45) is 6.43. The zero-order chi connectivity index (χ0) is 13.8. The van der Waals surface area contributed by atoms with E-state index in [4.69, 9.17) is 5.73 Å². The minimum Gasteiger partial charge on any atom is -0.369 e. The van der Waals surface area contributed by atoms with E-state index in [9.17, 15) is 4.39 Å². The first-order valence-corrected chi connectivity index (χ1v) is 7.45. The second kappa shape index (κ2) is 6.38. The number of nitrogens with two attached hydrogens (primary N) is 1. The number of rotatable bonds is 4. The maximum absolute atomic E-state index is 13.4. The summed E-state index contributed by atoms with van der Waals surface area (Å²) in [5, 5.41) is 0. The lowest BCUT2D eigenvalue weighted by atomic mass is 9.93. The van der Waals surface area contributed by atoms with E-state index < -0.39 is 0 Å². The Balaban J connectivity index is 2.31. The molecule has 1 aliphatic rings. The van der Waals surface area contributed by atoms with Gasteiger partial charge in [0.15, 0.2) is 0 Å². The van der Waals surface area contributed by atoms with E-state index in [0.29, 0.717) is 6.04 Å². The third-order valence-corrected chi connectivity index (χ3v) is 4.15. The Hall–Kier alpha value is -1.09. The lowest BCUT2D eigenvalue weighted by Gasteiger charge is -2.37. The highest BCUT2D eigenvalue weighted by atomic mass is 19.1. The Bertz CT molecular complexity index is 411. The first-order valence-electron chi connectivity index (χ1n) is 7.45. The van der Waals surface area contributed by atoms with E-state index in [-0.39, 0.29) is 11.9 Å². The molecule has 0 heterocycles. The SMILES string of the molecule is CCN(c1ccc(F)cc1[C@@H](C)N)C1CCCCC1. The molecule has 0 aromatic heterocycles. The summed E-state index contributed by atoms with van der Waals surface area (Å²) >= 11 is 0. The molecule has 1 aromatic carbocycles. The lowest BCUT2D eigenvalue weighted by molar-refractivity contribution is 0.417. The Morgan fingerprint density at radius 3 is 2.58 bits per heavy atom. The minimum atomic E-state index is -0.198. The van der Waals surface area contributed by atoms with Crippen molar-refractivity contribution in [2.45, 2.75) is 58.0 Å². The quantitative estimate of drug-likeness (QED) is 0.890. The van der Waals surface area contributed by atoms with E-state index in [1.807, 2.05) is 13.0 Å². The molecular weight excluding hydrogens is 239 g/mol. The van der Waals surface area contributed by atoms with Crippen LogP contribution in [0.1, 0.15) is 57.6 Å². The summed E-state index contributed by atoms with van der Waals surface area (Å²) in [5.41, 5.74) is 8.05. The molecule has 1 atom stereocenters. The molecule has 2 N–H and O–H groups in total. The van der Waals surface area contributed by atoms with Gasteiger partial charge in [-0.25, -0.2) is 4.39 Å². The molecule has 0 saturated heterocycles. The van der Waals surface area contributed by atoms with Gasteiger partial charge in [-0.1, -0.05) is 19.3 Å². The van der Waals surface area contributed by atoms with Crippen LogP contribution >= 0.6 is 0 Å². The molecule has 0 unspecified atom stereocenters. The average Bonchev–Trinajstić information content (AvgIpc) is 2.42. The number of halogens is 1. The van der Waals surface area contributed by atoms with Crippen molar-refractivity contribution in [1.29, 1.82) is 0 Å². The van der Waals surface area contributed by atoms with E-state index in [0.717, 1.165) is 17.8 Å². The molecule has 3 heteroatoms. The molecule has 1 aromatic rings. The lowest BCUT2D eigenvalue weighted by Crippen LogP contribution is -2.37. The Labute approximate surface area is 115 Å². The van der Waals surface area contributed by atoms with Gasteiger partial charge in [-0.2, -0.15) is 0 Å². The van der Waals surface area contributed by atoms with Gasteiger partial charge in [0.05, 0.1) is 0 Å². The van der Waals surface area contributed by atoms with Gasteiger partial charge in [-0.15, -0.1) is 0 Å². The number of nitrogens with zero attached hydrogens (tertiary/aromatic N) is 1. The molecule has 2 rings (SSSR count). The van der Waals surface area contributed by atoms with Crippen LogP contribution in [0.3, 0.4) is 0 Å². The number of benzene rings is 1. The summed E-state index contributed by atoms with van der Waals surface area (Å²) in [4.78, 5) is 2.41.